The highest BCUT2D eigenvalue weighted by Gasteiger charge is 2.34. The van der Waals surface area contributed by atoms with Crippen LogP contribution in [0.1, 0.15) is 30.9 Å². The van der Waals surface area contributed by atoms with Crippen molar-refractivity contribution in [1.29, 1.82) is 0 Å². The Hall–Kier alpha value is -1.64. The molecule has 3 heteroatoms. The van der Waals surface area contributed by atoms with Gasteiger partial charge in [-0.2, -0.15) is 0 Å². The second-order valence-electron chi connectivity index (χ2n) is 4.70. The van der Waals surface area contributed by atoms with Crippen molar-refractivity contribution in [3.05, 3.63) is 47.3 Å². The third-order valence-corrected chi connectivity index (χ3v) is 3.46. The fourth-order valence-electron chi connectivity index (χ4n) is 2.62. The summed E-state index contributed by atoms with van der Waals surface area (Å²) < 4.78 is 18.4. The molecule has 0 saturated heterocycles. The Labute approximate surface area is 106 Å². The summed E-state index contributed by atoms with van der Waals surface area (Å²) in [6.45, 7) is 7.97. The number of halogens is 1. The van der Waals surface area contributed by atoms with Gasteiger partial charge in [0, 0.05) is 5.92 Å². The van der Waals surface area contributed by atoms with Crippen LogP contribution in [0.2, 0.25) is 0 Å². The Morgan fingerprint density at radius 3 is 3.00 bits per heavy atom. The zero-order valence-electron chi connectivity index (χ0n) is 10.7. The SMILES string of the molecule is C=C1Cc2ccc(F)cc2C1[C@H](C)C(=O)OCC. The van der Waals surface area contributed by atoms with Crippen LogP contribution in [0.5, 0.6) is 0 Å². The molecule has 18 heavy (non-hydrogen) atoms. The van der Waals surface area contributed by atoms with Crippen LogP contribution >= 0.6 is 0 Å². The van der Waals surface area contributed by atoms with Gasteiger partial charge in [0.15, 0.2) is 0 Å². The Morgan fingerprint density at radius 2 is 2.33 bits per heavy atom. The van der Waals surface area contributed by atoms with Crippen molar-refractivity contribution in [1.82, 2.24) is 0 Å². The van der Waals surface area contributed by atoms with E-state index < -0.39 is 0 Å². The van der Waals surface area contributed by atoms with Gasteiger partial charge in [-0.05, 0) is 36.6 Å². The second kappa shape index (κ2) is 4.92. The quantitative estimate of drug-likeness (QED) is 0.606. The molecule has 2 atom stereocenters. The van der Waals surface area contributed by atoms with Crippen molar-refractivity contribution in [2.24, 2.45) is 5.92 Å². The molecule has 1 aliphatic carbocycles. The van der Waals surface area contributed by atoms with E-state index in [1.165, 1.54) is 12.1 Å². The van der Waals surface area contributed by atoms with Gasteiger partial charge >= 0.3 is 5.97 Å². The van der Waals surface area contributed by atoms with Gasteiger partial charge in [-0.25, -0.2) is 4.39 Å². The Bertz CT molecular complexity index is 493. The van der Waals surface area contributed by atoms with Gasteiger partial charge in [0.05, 0.1) is 12.5 Å². The minimum Gasteiger partial charge on any atom is -0.466 e. The van der Waals surface area contributed by atoms with Crippen LogP contribution in [-0.4, -0.2) is 12.6 Å². The normalized spacial score (nSPS) is 19.5. The average molecular weight is 248 g/mol. The molecular weight excluding hydrogens is 231 g/mol. The van der Waals surface area contributed by atoms with Crippen molar-refractivity contribution in [2.75, 3.05) is 6.61 Å². The van der Waals surface area contributed by atoms with Crippen LogP contribution < -0.4 is 0 Å². The third-order valence-electron chi connectivity index (χ3n) is 3.46. The number of hydrogen-bond donors (Lipinski definition) is 0. The molecule has 0 N–H and O–H groups in total. The van der Waals surface area contributed by atoms with E-state index in [2.05, 4.69) is 6.58 Å². The molecule has 96 valence electrons. The molecule has 0 heterocycles. The van der Waals surface area contributed by atoms with Crippen LogP contribution in [0.3, 0.4) is 0 Å². The van der Waals surface area contributed by atoms with E-state index in [1.807, 2.05) is 6.92 Å². The monoisotopic (exact) mass is 248 g/mol. The first-order valence-corrected chi connectivity index (χ1v) is 6.17. The lowest BCUT2D eigenvalue weighted by Crippen LogP contribution is -2.21. The lowest BCUT2D eigenvalue weighted by Gasteiger charge is -2.20. The molecule has 0 aliphatic heterocycles. The Kier molecular flexibility index (Phi) is 3.50. The van der Waals surface area contributed by atoms with E-state index in [0.717, 1.165) is 16.7 Å². The number of carbonyl (C=O) groups excluding carboxylic acids is 1. The minimum atomic E-state index is -0.319. The fraction of sp³-hybridized carbons (Fsp3) is 0.400. The third kappa shape index (κ3) is 2.17. The minimum absolute atomic E-state index is 0.130. The summed E-state index contributed by atoms with van der Waals surface area (Å²) in [5.74, 6) is -0.972. The van der Waals surface area contributed by atoms with Gasteiger partial charge in [0.2, 0.25) is 0 Å². The number of hydrogen-bond acceptors (Lipinski definition) is 2. The lowest BCUT2D eigenvalue weighted by atomic mass is 9.86. The molecule has 1 unspecified atom stereocenters. The molecule has 1 aliphatic rings. The standard InChI is InChI=1S/C15H17FO2/c1-4-18-15(17)10(3)14-9(2)7-11-5-6-12(16)8-13(11)14/h5-6,8,10,14H,2,4,7H2,1,3H3/t10-,14?/m0/s1. The molecule has 1 aromatic rings. The molecule has 2 nitrogen and oxygen atoms in total. The van der Waals surface area contributed by atoms with E-state index in [0.29, 0.717) is 13.0 Å². The van der Waals surface area contributed by atoms with Crippen molar-refractivity contribution >= 4 is 5.97 Å². The van der Waals surface area contributed by atoms with E-state index >= 15 is 0 Å². The molecule has 0 amide bonds. The van der Waals surface area contributed by atoms with Gasteiger partial charge in [-0.1, -0.05) is 25.1 Å². The maximum absolute atomic E-state index is 13.3. The zero-order chi connectivity index (χ0) is 13.3. The molecule has 0 aromatic heterocycles. The molecule has 1 aromatic carbocycles. The number of ether oxygens (including phenoxy) is 1. The van der Waals surface area contributed by atoms with Crippen molar-refractivity contribution in [3.63, 3.8) is 0 Å². The van der Waals surface area contributed by atoms with Crippen molar-refractivity contribution in [3.8, 4) is 0 Å². The summed E-state index contributed by atoms with van der Waals surface area (Å²) in [4.78, 5) is 11.8. The first-order valence-electron chi connectivity index (χ1n) is 6.17. The summed E-state index contributed by atoms with van der Waals surface area (Å²) in [5.41, 5.74) is 2.89. The number of carbonyl (C=O) groups is 1. The largest absolute Gasteiger partial charge is 0.466 e. The van der Waals surface area contributed by atoms with E-state index in [-0.39, 0.29) is 23.6 Å². The first kappa shape index (κ1) is 12.8. The highest BCUT2D eigenvalue weighted by Crippen LogP contribution is 2.42. The van der Waals surface area contributed by atoms with Crippen LogP contribution in [-0.2, 0) is 16.0 Å². The summed E-state index contributed by atoms with van der Waals surface area (Å²) >= 11 is 0. The van der Waals surface area contributed by atoms with Crippen LogP contribution in [0.4, 0.5) is 4.39 Å². The smallest absolute Gasteiger partial charge is 0.309 e. The van der Waals surface area contributed by atoms with E-state index in [1.54, 1.807) is 13.0 Å². The van der Waals surface area contributed by atoms with Crippen molar-refractivity contribution < 1.29 is 13.9 Å². The first-order chi connectivity index (χ1) is 8.54. The van der Waals surface area contributed by atoms with Crippen LogP contribution in [0, 0.1) is 11.7 Å². The van der Waals surface area contributed by atoms with Crippen molar-refractivity contribution in [2.45, 2.75) is 26.2 Å². The molecular formula is C15H17FO2. The molecule has 0 saturated carbocycles. The molecule has 0 spiro atoms. The molecule has 0 fully saturated rings. The van der Waals surface area contributed by atoms with Gasteiger partial charge in [0.25, 0.3) is 0 Å². The highest BCUT2D eigenvalue weighted by atomic mass is 19.1. The summed E-state index contributed by atoms with van der Waals surface area (Å²) in [6, 6.07) is 4.73. The summed E-state index contributed by atoms with van der Waals surface area (Å²) in [7, 11) is 0. The summed E-state index contributed by atoms with van der Waals surface area (Å²) in [5, 5.41) is 0. The maximum atomic E-state index is 13.3. The Morgan fingerprint density at radius 1 is 1.61 bits per heavy atom. The zero-order valence-corrected chi connectivity index (χ0v) is 10.7. The van der Waals surface area contributed by atoms with Gasteiger partial charge in [-0.15, -0.1) is 0 Å². The maximum Gasteiger partial charge on any atom is 0.309 e. The van der Waals surface area contributed by atoms with Gasteiger partial charge < -0.3 is 4.74 Å². The molecule has 2 rings (SSSR count). The average Bonchev–Trinajstić information content (AvgIpc) is 2.64. The Balaban J connectivity index is 2.32. The van der Waals surface area contributed by atoms with E-state index in [9.17, 15) is 9.18 Å². The summed E-state index contributed by atoms with van der Waals surface area (Å²) in [6.07, 6.45) is 0.712. The number of rotatable bonds is 3. The molecule has 0 radical (unpaired) electrons. The van der Waals surface area contributed by atoms with Crippen LogP contribution in [0.15, 0.2) is 30.4 Å². The predicted octanol–water partition coefficient (Wildman–Crippen LogP) is 3.22. The topological polar surface area (TPSA) is 26.3 Å². The number of esters is 1. The fourth-order valence-corrected chi connectivity index (χ4v) is 2.62. The van der Waals surface area contributed by atoms with Crippen LogP contribution in [0.25, 0.3) is 0 Å². The predicted molar refractivity (Wildman–Crippen MR) is 67.8 cm³/mol. The lowest BCUT2D eigenvalue weighted by molar-refractivity contribution is -0.147. The highest BCUT2D eigenvalue weighted by molar-refractivity contribution is 5.75. The van der Waals surface area contributed by atoms with Gasteiger partial charge in [-0.3, -0.25) is 4.79 Å². The molecule has 0 bridgehead atoms. The number of benzene rings is 1. The number of fused-ring (bicyclic) bond motifs is 1. The van der Waals surface area contributed by atoms with E-state index in [4.69, 9.17) is 4.74 Å². The second-order valence-corrected chi connectivity index (χ2v) is 4.70. The van der Waals surface area contributed by atoms with Gasteiger partial charge in [0.1, 0.15) is 5.82 Å². The number of allylic oxidation sites excluding steroid dienone is 1.